The predicted octanol–water partition coefficient (Wildman–Crippen LogP) is 4.72. The van der Waals surface area contributed by atoms with Crippen molar-refractivity contribution < 1.29 is 18.7 Å². The Morgan fingerprint density at radius 1 is 1.23 bits per heavy atom. The van der Waals surface area contributed by atoms with E-state index in [4.69, 9.17) is 9.15 Å². The molecule has 0 radical (unpaired) electrons. The molecule has 4 heteroatoms. The van der Waals surface area contributed by atoms with Crippen LogP contribution in [-0.4, -0.2) is 18.4 Å². The zero-order valence-corrected chi connectivity index (χ0v) is 15.4. The van der Waals surface area contributed by atoms with Gasteiger partial charge in [-0.15, -0.1) is 0 Å². The molecule has 26 heavy (non-hydrogen) atoms. The molecule has 4 nitrogen and oxygen atoms in total. The molecule has 1 aromatic heterocycles. The van der Waals surface area contributed by atoms with Gasteiger partial charge in [-0.05, 0) is 54.2 Å². The first-order valence-electron chi connectivity index (χ1n) is 9.06. The SMILES string of the molecule is CCOC(=O)[C@@H]1C(=O)C=C(c2ccco2)C[C@H]1c1ccc(C(C)C)cc1. The minimum Gasteiger partial charge on any atom is -0.465 e. The van der Waals surface area contributed by atoms with Gasteiger partial charge in [0.1, 0.15) is 11.7 Å². The number of hydrogen-bond donors (Lipinski definition) is 0. The number of carbonyl (C=O) groups excluding carboxylic acids is 2. The standard InChI is InChI=1S/C22H24O4/c1-4-25-22(24)21-18(16-9-7-15(8-10-16)14(2)3)12-17(13-19(21)23)20-6-5-11-26-20/h5-11,13-14,18,21H,4,12H2,1-3H3/t18-,21-/m0/s1. The zero-order valence-electron chi connectivity index (χ0n) is 15.4. The highest BCUT2D eigenvalue weighted by atomic mass is 16.5. The Bertz CT molecular complexity index is 797. The van der Waals surface area contributed by atoms with Crippen molar-refractivity contribution in [2.45, 2.75) is 39.0 Å². The van der Waals surface area contributed by atoms with Crippen molar-refractivity contribution in [3.63, 3.8) is 0 Å². The van der Waals surface area contributed by atoms with Crippen molar-refractivity contribution in [3.8, 4) is 0 Å². The van der Waals surface area contributed by atoms with Crippen LogP contribution in [0.25, 0.3) is 5.57 Å². The van der Waals surface area contributed by atoms with E-state index in [2.05, 4.69) is 26.0 Å². The molecule has 2 aromatic rings. The Hall–Kier alpha value is -2.62. The molecule has 1 heterocycles. The molecule has 1 aliphatic carbocycles. The Kier molecular flexibility index (Phi) is 5.40. The first-order valence-corrected chi connectivity index (χ1v) is 9.06. The molecule has 0 amide bonds. The van der Waals surface area contributed by atoms with E-state index in [1.54, 1.807) is 19.3 Å². The molecule has 1 aromatic carbocycles. The van der Waals surface area contributed by atoms with E-state index >= 15 is 0 Å². The van der Waals surface area contributed by atoms with Gasteiger partial charge in [0, 0.05) is 5.92 Å². The van der Waals surface area contributed by atoms with E-state index in [9.17, 15) is 9.59 Å². The maximum Gasteiger partial charge on any atom is 0.317 e. The van der Waals surface area contributed by atoms with Crippen LogP contribution in [0.4, 0.5) is 0 Å². The number of carbonyl (C=O) groups is 2. The number of furan rings is 1. The second-order valence-corrected chi connectivity index (χ2v) is 6.91. The summed E-state index contributed by atoms with van der Waals surface area (Å²) < 4.78 is 10.6. The van der Waals surface area contributed by atoms with E-state index in [0.717, 1.165) is 11.1 Å². The number of hydrogen-bond acceptors (Lipinski definition) is 4. The minimum atomic E-state index is -0.807. The summed E-state index contributed by atoms with van der Waals surface area (Å²) in [6, 6.07) is 11.8. The summed E-state index contributed by atoms with van der Waals surface area (Å²) in [6.07, 6.45) is 3.67. The molecule has 136 valence electrons. The molecule has 0 spiro atoms. The zero-order chi connectivity index (χ0) is 18.7. The van der Waals surface area contributed by atoms with Gasteiger partial charge >= 0.3 is 5.97 Å². The molecule has 0 unspecified atom stereocenters. The lowest BCUT2D eigenvalue weighted by Gasteiger charge is -2.29. The quantitative estimate of drug-likeness (QED) is 0.577. The summed E-state index contributed by atoms with van der Waals surface area (Å²) in [5, 5.41) is 0. The van der Waals surface area contributed by atoms with E-state index in [1.807, 2.05) is 18.2 Å². The fraction of sp³-hybridized carbons (Fsp3) is 0.364. The molecule has 2 atom stereocenters. The van der Waals surface area contributed by atoms with Gasteiger partial charge in [0.15, 0.2) is 5.78 Å². The number of benzene rings is 1. The van der Waals surface area contributed by atoms with Gasteiger partial charge in [-0.3, -0.25) is 9.59 Å². The second-order valence-electron chi connectivity index (χ2n) is 6.91. The molecule has 0 saturated heterocycles. The van der Waals surface area contributed by atoms with Gasteiger partial charge in [0.25, 0.3) is 0 Å². The Morgan fingerprint density at radius 2 is 1.96 bits per heavy atom. The maximum atomic E-state index is 12.8. The third-order valence-corrected chi connectivity index (χ3v) is 4.87. The van der Waals surface area contributed by atoms with Crippen molar-refractivity contribution in [2.75, 3.05) is 6.61 Å². The second kappa shape index (κ2) is 7.73. The van der Waals surface area contributed by atoms with Crippen molar-refractivity contribution >= 4 is 17.3 Å². The first kappa shape index (κ1) is 18.2. The number of ketones is 1. The van der Waals surface area contributed by atoms with E-state index in [1.165, 1.54) is 11.6 Å². The lowest BCUT2D eigenvalue weighted by atomic mass is 9.74. The summed E-state index contributed by atoms with van der Waals surface area (Å²) in [7, 11) is 0. The van der Waals surface area contributed by atoms with Crippen molar-refractivity contribution in [2.24, 2.45) is 5.92 Å². The van der Waals surface area contributed by atoms with Gasteiger partial charge in [-0.25, -0.2) is 0 Å². The van der Waals surface area contributed by atoms with Crippen LogP contribution in [0.2, 0.25) is 0 Å². The fourth-order valence-corrected chi connectivity index (χ4v) is 3.46. The average molecular weight is 352 g/mol. The minimum absolute atomic E-state index is 0.223. The Labute approximate surface area is 153 Å². The Morgan fingerprint density at radius 3 is 2.54 bits per heavy atom. The highest BCUT2D eigenvalue weighted by molar-refractivity contribution is 6.10. The van der Waals surface area contributed by atoms with Gasteiger partial charge in [0.2, 0.25) is 0 Å². The van der Waals surface area contributed by atoms with Crippen LogP contribution in [-0.2, 0) is 14.3 Å². The summed E-state index contributed by atoms with van der Waals surface area (Å²) >= 11 is 0. The normalized spacial score (nSPS) is 20.2. The van der Waals surface area contributed by atoms with E-state index in [-0.39, 0.29) is 18.3 Å². The lowest BCUT2D eigenvalue weighted by Crippen LogP contribution is -2.34. The third-order valence-electron chi connectivity index (χ3n) is 4.87. The van der Waals surface area contributed by atoms with Crippen LogP contribution in [0.1, 0.15) is 55.9 Å². The van der Waals surface area contributed by atoms with Crippen molar-refractivity contribution in [1.82, 2.24) is 0 Å². The fourth-order valence-electron chi connectivity index (χ4n) is 3.46. The van der Waals surface area contributed by atoms with Crippen LogP contribution < -0.4 is 0 Å². The predicted molar refractivity (Wildman–Crippen MR) is 99.7 cm³/mol. The van der Waals surface area contributed by atoms with Crippen LogP contribution in [0.15, 0.2) is 53.2 Å². The molecule has 0 fully saturated rings. The summed E-state index contributed by atoms with van der Waals surface area (Å²) in [6.45, 7) is 6.29. The lowest BCUT2D eigenvalue weighted by molar-refractivity contribution is -0.151. The number of ether oxygens (including phenoxy) is 1. The van der Waals surface area contributed by atoms with Crippen molar-refractivity contribution in [3.05, 3.63) is 65.6 Å². The highest BCUT2D eigenvalue weighted by Crippen LogP contribution is 2.40. The molecule has 1 aliphatic rings. The first-order chi connectivity index (χ1) is 12.5. The van der Waals surface area contributed by atoms with Gasteiger partial charge in [-0.2, -0.15) is 0 Å². The maximum absolute atomic E-state index is 12.8. The number of allylic oxidation sites excluding steroid dienone is 2. The van der Waals surface area contributed by atoms with Crippen LogP contribution >= 0.6 is 0 Å². The van der Waals surface area contributed by atoms with Crippen LogP contribution in [0, 0.1) is 5.92 Å². The monoisotopic (exact) mass is 352 g/mol. The Balaban J connectivity index is 1.98. The van der Waals surface area contributed by atoms with Crippen LogP contribution in [0.3, 0.4) is 0 Å². The highest BCUT2D eigenvalue weighted by Gasteiger charge is 2.40. The smallest absolute Gasteiger partial charge is 0.317 e. The molecular formula is C22H24O4. The number of rotatable bonds is 5. The molecule has 0 saturated carbocycles. The molecule has 0 aliphatic heterocycles. The van der Waals surface area contributed by atoms with E-state index in [0.29, 0.717) is 18.1 Å². The topological polar surface area (TPSA) is 56.5 Å². The largest absolute Gasteiger partial charge is 0.465 e. The summed E-state index contributed by atoms with van der Waals surface area (Å²) in [4.78, 5) is 25.2. The summed E-state index contributed by atoms with van der Waals surface area (Å²) in [5.74, 6) is -0.642. The third kappa shape index (κ3) is 3.64. The van der Waals surface area contributed by atoms with Crippen LogP contribution in [0.5, 0.6) is 0 Å². The van der Waals surface area contributed by atoms with Gasteiger partial charge in [-0.1, -0.05) is 38.1 Å². The van der Waals surface area contributed by atoms with Gasteiger partial charge in [0.05, 0.1) is 12.9 Å². The molecule has 0 N–H and O–H groups in total. The molecule has 3 rings (SSSR count). The van der Waals surface area contributed by atoms with Crippen molar-refractivity contribution in [1.29, 1.82) is 0 Å². The molecule has 0 bridgehead atoms. The molecular weight excluding hydrogens is 328 g/mol. The van der Waals surface area contributed by atoms with Gasteiger partial charge < -0.3 is 9.15 Å². The number of esters is 1. The van der Waals surface area contributed by atoms with E-state index < -0.39 is 11.9 Å². The average Bonchev–Trinajstić information content (AvgIpc) is 3.16. The summed E-state index contributed by atoms with van der Waals surface area (Å²) in [5.41, 5.74) is 3.02.